The van der Waals surface area contributed by atoms with E-state index in [1.807, 2.05) is 25.1 Å². The zero-order valence-corrected chi connectivity index (χ0v) is 17.2. The van der Waals surface area contributed by atoms with Gasteiger partial charge >= 0.3 is 0 Å². The maximum atomic E-state index is 13.0. The number of nitriles is 1. The van der Waals surface area contributed by atoms with Crippen molar-refractivity contribution in [2.24, 2.45) is 0 Å². The van der Waals surface area contributed by atoms with Crippen molar-refractivity contribution < 1.29 is 23.4 Å². The molecule has 0 aliphatic carbocycles. The van der Waals surface area contributed by atoms with Crippen molar-refractivity contribution in [3.63, 3.8) is 0 Å². The number of hydrogen-bond acceptors (Lipinski definition) is 6. The number of hydrogen-bond donors (Lipinski definition) is 0. The molecule has 0 saturated heterocycles. The van der Waals surface area contributed by atoms with Gasteiger partial charge in [0.15, 0.2) is 17.3 Å². The van der Waals surface area contributed by atoms with Crippen molar-refractivity contribution in [2.75, 3.05) is 19.8 Å². The van der Waals surface area contributed by atoms with Crippen molar-refractivity contribution in [3.05, 3.63) is 77.2 Å². The van der Waals surface area contributed by atoms with Crippen LogP contribution in [0.2, 0.25) is 0 Å². The Kier molecular flexibility index (Phi) is 6.08. The molecule has 1 amide bonds. The van der Waals surface area contributed by atoms with Gasteiger partial charge in [-0.25, -0.2) is 0 Å². The third kappa shape index (κ3) is 4.48. The van der Waals surface area contributed by atoms with E-state index in [2.05, 4.69) is 6.07 Å². The fourth-order valence-electron chi connectivity index (χ4n) is 3.35. The normalized spacial score (nSPS) is 12.1. The van der Waals surface area contributed by atoms with E-state index >= 15 is 0 Å². The second-order valence-electron chi connectivity index (χ2n) is 6.92. The van der Waals surface area contributed by atoms with Crippen molar-refractivity contribution >= 4 is 5.91 Å². The maximum Gasteiger partial charge on any atom is 0.289 e. The Balaban J connectivity index is 1.44. The monoisotopic (exact) mass is 418 g/mol. The molecular weight excluding hydrogens is 396 g/mol. The number of furan rings is 1. The molecule has 0 radical (unpaired) electrons. The maximum absolute atomic E-state index is 13.0. The molecule has 31 heavy (non-hydrogen) atoms. The van der Waals surface area contributed by atoms with Crippen molar-refractivity contribution in [1.82, 2.24) is 4.90 Å². The number of rotatable bonds is 7. The topological polar surface area (TPSA) is 84.9 Å². The SMILES string of the molecule is CCN(Cc1cccc2c1OCCO2)C(=O)c1ccc(COc2ccccc2C#N)o1. The Morgan fingerprint density at radius 2 is 1.94 bits per heavy atom. The van der Waals surface area contributed by atoms with Crippen LogP contribution < -0.4 is 14.2 Å². The number of benzene rings is 2. The first-order chi connectivity index (χ1) is 15.2. The highest BCUT2D eigenvalue weighted by atomic mass is 16.6. The Morgan fingerprint density at radius 1 is 1.10 bits per heavy atom. The molecule has 0 atom stereocenters. The number of nitrogens with zero attached hydrogens (tertiary/aromatic N) is 2. The van der Waals surface area contributed by atoms with Crippen LogP contribution in [-0.4, -0.2) is 30.6 Å². The van der Waals surface area contributed by atoms with Gasteiger partial charge in [-0.3, -0.25) is 4.79 Å². The Labute approximate surface area is 180 Å². The largest absolute Gasteiger partial charge is 0.486 e. The summed E-state index contributed by atoms with van der Waals surface area (Å²) in [4.78, 5) is 14.7. The molecule has 3 aromatic rings. The Morgan fingerprint density at radius 3 is 2.77 bits per heavy atom. The lowest BCUT2D eigenvalue weighted by molar-refractivity contribution is 0.0713. The molecule has 0 spiro atoms. The molecule has 1 aromatic heterocycles. The Bertz CT molecular complexity index is 1120. The van der Waals surface area contributed by atoms with E-state index < -0.39 is 0 Å². The zero-order valence-electron chi connectivity index (χ0n) is 17.2. The minimum Gasteiger partial charge on any atom is -0.486 e. The third-order valence-electron chi connectivity index (χ3n) is 4.93. The van der Waals surface area contributed by atoms with Crippen LogP contribution in [0.15, 0.2) is 59.0 Å². The fourth-order valence-corrected chi connectivity index (χ4v) is 3.35. The second-order valence-corrected chi connectivity index (χ2v) is 6.92. The van der Waals surface area contributed by atoms with Crippen LogP contribution in [0.5, 0.6) is 17.2 Å². The molecule has 0 bridgehead atoms. The average Bonchev–Trinajstić information content (AvgIpc) is 3.30. The van der Waals surface area contributed by atoms with Gasteiger partial charge in [-0.05, 0) is 37.3 Å². The van der Waals surface area contributed by atoms with Crippen molar-refractivity contribution in [2.45, 2.75) is 20.1 Å². The number of para-hydroxylation sites is 2. The number of carbonyl (C=O) groups is 1. The highest BCUT2D eigenvalue weighted by Gasteiger charge is 2.22. The number of amides is 1. The number of fused-ring (bicyclic) bond motifs is 1. The molecule has 0 unspecified atom stereocenters. The van der Waals surface area contributed by atoms with Gasteiger partial charge in [0.05, 0.1) is 5.56 Å². The lowest BCUT2D eigenvalue weighted by Crippen LogP contribution is -2.30. The third-order valence-corrected chi connectivity index (χ3v) is 4.93. The van der Waals surface area contributed by atoms with Crippen molar-refractivity contribution in [3.8, 4) is 23.3 Å². The molecule has 2 heterocycles. The van der Waals surface area contributed by atoms with Gasteiger partial charge in [0, 0.05) is 18.7 Å². The minimum atomic E-state index is -0.222. The smallest absolute Gasteiger partial charge is 0.289 e. The van der Waals surface area contributed by atoms with Crippen LogP contribution in [0.4, 0.5) is 0 Å². The lowest BCUT2D eigenvalue weighted by atomic mass is 10.1. The molecule has 1 aliphatic heterocycles. The summed E-state index contributed by atoms with van der Waals surface area (Å²) in [6.07, 6.45) is 0. The van der Waals surface area contributed by atoms with Crippen LogP contribution >= 0.6 is 0 Å². The van der Waals surface area contributed by atoms with Crippen LogP contribution in [0, 0.1) is 11.3 Å². The quantitative estimate of drug-likeness (QED) is 0.573. The van der Waals surface area contributed by atoms with E-state index in [1.54, 1.807) is 41.3 Å². The molecule has 0 N–H and O–H groups in total. The molecule has 7 nitrogen and oxygen atoms in total. The van der Waals surface area contributed by atoms with E-state index in [1.165, 1.54) is 0 Å². The predicted octanol–water partition coefficient (Wildman–Crippen LogP) is 4.16. The summed E-state index contributed by atoms with van der Waals surface area (Å²) >= 11 is 0. The van der Waals surface area contributed by atoms with E-state index in [4.69, 9.17) is 23.9 Å². The van der Waals surface area contributed by atoms with Gasteiger partial charge in [0.1, 0.15) is 37.4 Å². The van der Waals surface area contributed by atoms with Gasteiger partial charge in [-0.1, -0.05) is 24.3 Å². The van der Waals surface area contributed by atoms with Gasteiger partial charge in [0.25, 0.3) is 5.91 Å². The van der Waals surface area contributed by atoms with Crippen LogP contribution in [-0.2, 0) is 13.2 Å². The molecule has 1 aliphatic rings. The van der Waals surface area contributed by atoms with Crippen LogP contribution in [0.1, 0.15) is 34.4 Å². The van der Waals surface area contributed by atoms with Gasteiger partial charge in [0.2, 0.25) is 0 Å². The molecule has 7 heteroatoms. The molecular formula is C24H22N2O5. The fraction of sp³-hybridized carbons (Fsp3) is 0.250. The molecule has 0 saturated carbocycles. The summed E-state index contributed by atoms with van der Waals surface area (Å²) in [5.41, 5.74) is 1.33. The number of carbonyl (C=O) groups excluding carboxylic acids is 1. The first kappa shape index (κ1) is 20.4. The van der Waals surface area contributed by atoms with Crippen LogP contribution in [0.3, 0.4) is 0 Å². The van der Waals surface area contributed by atoms with Crippen molar-refractivity contribution in [1.29, 1.82) is 5.26 Å². The summed E-state index contributed by atoms with van der Waals surface area (Å²) in [5, 5.41) is 9.16. The van der Waals surface area contributed by atoms with E-state index in [0.29, 0.717) is 54.9 Å². The van der Waals surface area contributed by atoms with Gasteiger partial charge in [-0.2, -0.15) is 5.26 Å². The highest BCUT2D eigenvalue weighted by Crippen LogP contribution is 2.34. The molecule has 158 valence electrons. The summed E-state index contributed by atoms with van der Waals surface area (Å²) in [5.74, 6) is 2.37. The first-order valence-electron chi connectivity index (χ1n) is 10.1. The summed E-state index contributed by atoms with van der Waals surface area (Å²) in [6, 6.07) is 18.1. The Hall–Kier alpha value is -3.92. The summed E-state index contributed by atoms with van der Waals surface area (Å²) < 4.78 is 22.8. The van der Waals surface area contributed by atoms with E-state index in [-0.39, 0.29) is 18.3 Å². The van der Waals surface area contributed by atoms with Gasteiger partial charge in [-0.15, -0.1) is 0 Å². The minimum absolute atomic E-state index is 0.121. The van der Waals surface area contributed by atoms with E-state index in [0.717, 1.165) is 5.56 Å². The predicted molar refractivity (Wildman–Crippen MR) is 112 cm³/mol. The lowest BCUT2D eigenvalue weighted by Gasteiger charge is -2.25. The molecule has 4 rings (SSSR count). The summed E-state index contributed by atoms with van der Waals surface area (Å²) in [7, 11) is 0. The second kappa shape index (κ2) is 9.26. The highest BCUT2D eigenvalue weighted by molar-refractivity contribution is 5.91. The molecule has 2 aromatic carbocycles. The standard InChI is InChI=1S/C24H22N2O5/c1-2-26(15-18-7-5-9-21-23(18)29-13-12-28-21)24(27)22-11-10-19(31-22)16-30-20-8-4-3-6-17(20)14-25/h3-11H,2,12-13,15-16H2,1H3. The average molecular weight is 418 g/mol. The number of ether oxygens (including phenoxy) is 3. The van der Waals surface area contributed by atoms with Crippen LogP contribution in [0.25, 0.3) is 0 Å². The molecule has 0 fully saturated rings. The first-order valence-corrected chi connectivity index (χ1v) is 10.1. The van der Waals surface area contributed by atoms with Gasteiger partial charge < -0.3 is 23.5 Å². The van der Waals surface area contributed by atoms with E-state index in [9.17, 15) is 4.79 Å². The zero-order chi connectivity index (χ0) is 21.6. The summed E-state index contributed by atoms with van der Waals surface area (Å²) in [6.45, 7) is 3.92.